The van der Waals surface area contributed by atoms with Crippen LogP contribution in [0.25, 0.3) is 11.1 Å². The normalized spacial score (nSPS) is 22.1. The molecule has 176 valence electrons. The van der Waals surface area contributed by atoms with Crippen molar-refractivity contribution in [1.29, 1.82) is 0 Å². The van der Waals surface area contributed by atoms with E-state index in [1.54, 1.807) is 6.20 Å². The second-order valence-corrected chi connectivity index (χ2v) is 9.60. The number of nitrogens with one attached hydrogen (secondary N) is 1. The minimum Gasteiger partial charge on any atom is -0.469 e. The Morgan fingerprint density at radius 1 is 1.12 bits per heavy atom. The Labute approximate surface area is 207 Å². The average Bonchev–Trinajstić information content (AvgIpc) is 3.24. The van der Waals surface area contributed by atoms with Crippen LogP contribution in [-0.4, -0.2) is 31.1 Å². The van der Waals surface area contributed by atoms with Gasteiger partial charge in [0.1, 0.15) is 5.01 Å². The van der Waals surface area contributed by atoms with Crippen molar-refractivity contribution in [1.82, 2.24) is 10.3 Å². The number of methoxy groups -OCH3 is 2. The van der Waals surface area contributed by atoms with Crippen molar-refractivity contribution in [2.75, 3.05) is 14.2 Å². The molecule has 1 aliphatic heterocycles. The van der Waals surface area contributed by atoms with Gasteiger partial charge in [-0.2, -0.15) is 0 Å². The molecule has 0 radical (unpaired) electrons. The molecule has 5 rings (SSSR count). The number of esters is 2. The summed E-state index contributed by atoms with van der Waals surface area (Å²) in [7, 11) is 2.69. The fraction of sp³-hybridized carbons (Fsp3) is 0.269. The van der Waals surface area contributed by atoms with Crippen molar-refractivity contribution in [3.05, 3.63) is 87.0 Å². The van der Waals surface area contributed by atoms with E-state index in [9.17, 15) is 9.59 Å². The number of nitrogens with zero attached hydrogens (tertiary/aromatic N) is 1. The van der Waals surface area contributed by atoms with Gasteiger partial charge in [-0.1, -0.05) is 48.0 Å². The molecule has 0 fully saturated rings. The summed E-state index contributed by atoms with van der Waals surface area (Å²) in [6.07, 6.45) is 1.67. The highest BCUT2D eigenvalue weighted by Crippen LogP contribution is 2.48. The lowest BCUT2D eigenvalue weighted by Crippen LogP contribution is -2.55. The number of halogens is 1. The monoisotopic (exact) mass is 496 g/mol. The third kappa shape index (κ3) is 4.33. The molecule has 3 atom stereocenters. The Hall–Kier alpha value is -3.16. The van der Waals surface area contributed by atoms with Crippen LogP contribution in [0.2, 0.25) is 5.02 Å². The lowest BCUT2D eigenvalue weighted by molar-refractivity contribution is -0.150. The smallest absolute Gasteiger partial charge is 0.336 e. The van der Waals surface area contributed by atoms with E-state index in [0.717, 1.165) is 10.6 Å². The molecule has 3 unspecified atom stereocenters. The lowest BCUT2D eigenvalue weighted by atomic mass is 9.67. The lowest BCUT2D eigenvalue weighted by Gasteiger charge is -2.46. The number of rotatable bonds is 4. The first-order valence-corrected chi connectivity index (χ1v) is 12.0. The van der Waals surface area contributed by atoms with Crippen LogP contribution in [0.3, 0.4) is 0 Å². The van der Waals surface area contributed by atoms with Gasteiger partial charge in [0.05, 0.1) is 37.2 Å². The quantitative estimate of drug-likeness (QED) is 0.386. The molecule has 2 heterocycles. The van der Waals surface area contributed by atoms with E-state index in [-0.39, 0.29) is 0 Å². The van der Waals surface area contributed by atoms with E-state index in [1.165, 1.54) is 36.7 Å². The third-order valence-corrected chi connectivity index (χ3v) is 7.45. The summed E-state index contributed by atoms with van der Waals surface area (Å²) < 4.78 is 10.2. The zero-order chi connectivity index (χ0) is 24.5. The van der Waals surface area contributed by atoms with Crippen LogP contribution in [0.15, 0.2) is 71.4 Å². The number of fused-ring (bicyclic) bond motifs is 1. The van der Waals surface area contributed by atoms with Crippen molar-refractivity contribution < 1.29 is 19.1 Å². The second-order valence-electron chi connectivity index (χ2n) is 8.27. The molecular formula is C26H25ClN2O4S. The number of thiazole rings is 1. The minimum absolute atomic E-state index is 0.399. The van der Waals surface area contributed by atoms with E-state index < -0.39 is 29.3 Å². The van der Waals surface area contributed by atoms with Gasteiger partial charge in [0.25, 0.3) is 0 Å². The number of allylic oxidation sites excluding steroid dienone is 1. The van der Waals surface area contributed by atoms with Crippen LogP contribution in [0, 0.1) is 5.92 Å². The summed E-state index contributed by atoms with van der Waals surface area (Å²) in [5.74, 6) is -2.17. The summed E-state index contributed by atoms with van der Waals surface area (Å²) in [6, 6.07) is 15.7. The van der Waals surface area contributed by atoms with Gasteiger partial charge in [-0.05, 0) is 37.1 Å². The number of hydrogen-bond donors (Lipinski definition) is 1. The standard InChI is InChI=1S/C20H22N2O4S.C6H3Cl/c1-12-14(18(23)25-3)15(17-21-10-11-27-17)16(19(24)26-4)20(2,22-12)13-8-6-5-7-9-13;7-6-2-1-4-3-5(4)6/h5-11,15-16,22H,1-4H3;1-3H. The maximum absolute atomic E-state index is 13.0. The van der Waals surface area contributed by atoms with Crippen LogP contribution in [-0.2, 0) is 24.6 Å². The molecule has 1 aromatic heterocycles. The van der Waals surface area contributed by atoms with Gasteiger partial charge in [-0.3, -0.25) is 4.79 Å². The Kier molecular flexibility index (Phi) is 6.77. The Balaban J connectivity index is 0.000000328. The third-order valence-electron chi connectivity index (χ3n) is 6.26. The van der Waals surface area contributed by atoms with E-state index in [2.05, 4.69) is 16.4 Å². The molecule has 1 aromatic carbocycles. The molecule has 0 saturated heterocycles. The molecular weight excluding hydrogens is 472 g/mol. The molecule has 0 spiro atoms. The molecule has 0 amide bonds. The molecule has 0 saturated carbocycles. The molecule has 6 nitrogen and oxygen atoms in total. The number of ether oxygens (including phenoxy) is 2. The fourth-order valence-electron chi connectivity index (χ4n) is 4.56. The van der Waals surface area contributed by atoms with Gasteiger partial charge in [0.15, 0.2) is 0 Å². The molecule has 34 heavy (non-hydrogen) atoms. The van der Waals surface area contributed by atoms with Gasteiger partial charge in [-0.25, -0.2) is 9.78 Å². The van der Waals surface area contributed by atoms with Gasteiger partial charge in [-0.15, -0.1) is 11.3 Å². The Bertz CT molecular complexity index is 1240. The van der Waals surface area contributed by atoms with Crippen LogP contribution in [0.4, 0.5) is 0 Å². The highest BCUT2D eigenvalue weighted by molar-refractivity contribution is 7.09. The fourth-order valence-corrected chi connectivity index (χ4v) is 5.57. The zero-order valence-electron chi connectivity index (χ0n) is 19.3. The maximum atomic E-state index is 13.0. The summed E-state index contributed by atoms with van der Waals surface area (Å²) in [5.41, 5.74) is 3.74. The van der Waals surface area contributed by atoms with Crippen molar-refractivity contribution in [2.45, 2.75) is 25.3 Å². The van der Waals surface area contributed by atoms with E-state index in [0.29, 0.717) is 16.3 Å². The summed E-state index contributed by atoms with van der Waals surface area (Å²) in [5, 5.41) is 6.79. The first kappa shape index (κ1) is 24.0. The van der Waals surface area contributed by atoms with Crippen LogP contribution < -0.4 is 5.32 Å². The Morgan fingerprint density at radius 3 is 2.32 bits per heavy atom. The summed E-state index contributed by atoms with van der Waals surface area (Å²) in [4.78, 5) is 30.0. The van der Waals surface area contributed by atoms with Gasteiger partial charge < -0.3 is 14.8 Å². The predicted molar refractivity (Wildman–Crippen MR) is 132 cm³/mol. The van der Waals surface area contributed by atoms with Gasteiger partial charge >= 0.3 is 11.9 Å². The number of hydrogen-bond acceptors (Lipinski definition) is 7. The maximum Gasteiger partial charge on any atom is 0.336 e. The largest absolute Gasteiger partial charge is 0.469 e. The van der Waals surface area contributed by atoms with Gasteiger partial charge in [0.2, 0.25) is 0 Å². The molecule has 0 bridgehead atoms. The molecule has 3 aliphatic rings. The summed E-state index contributed by atoms with van der Waals surface area (Å²) in [6.45, 7) is 3.77. The molecule has 8 heteroatoms. The number of carbonyl (C=O) groups excluding carboxylic acids is 2. The highest BCUT2D eigenvalue weighted by Gasteiger charge is 2.53. The molecule has 2 aromatic rings. The van der Waals surface area contributed by atoms with E-state index in [4.69, 9.17) is 21.1 Å². The Morgan fingerprint density at radius 2 is 1.85 bits per heavy atom. The highest BCUT2D eigenvalue weighted by atomic mass is 35.5. The average molecular weight is 497 g/mol. The van der Waals surface area contributed by atoms with Crippen molar-refractivity contribution in [3.63, 3.8) is 0 Å². The van der Waals surface area contributed by atoms with Crippen molar-refractivity contribution >= 4 is 34.9 Å². The van der Waals surface area contributed by atoms with Crippen LogP contribution in [0.1, 0.15) is 30.3 Å². The number of carbonyl (C=O) groups is 2. The van der Waals surface area contributed by atoms with Crippen molar-refractivity contribution in [3.8, 4) is 11.1 Å². The molecule has 2 aliphatic carbocycles. The van der Waals surface area contributed by atoms with E-state index in [1.807, 2.05) is 61.7 Å². The van der Waals surface area contributed by atoms with E-state index >= 15 is 0 Å². The predicted octanol–water partition coefficient (Wildman–Crippen LogP) is 5.30. The van der Waals surface area contributed by atoms with Crippen molar-refractivity contribution in [2.24, 2.45) is 5.92 Å². The first-order chi connectivity index (χ1) is 16.3. The second kappa shape index (κ2) is 9.60. The van der Waals surface area contributed by atoms with Gasteiger partial charge in [0, 0.05) is 27.9 Å². The summed E-state index contributed by atoms with van der Waals surface area (Å²) >= 11 is 7.05. The number of benzene rings is 2. The SMILES string of the molecule is COC(=O)C1=C(C)NC(C)(c2ccccc2)C(C(=O)OC)C1c1nccs1.Clc1ccc2cc1-2. The topological polar surface area (TPSA) is 77.5 Å². The molecule has 1 N–H and O–H groups in total. The number of aromatic nitrogens is 1. The zero-order valence-corrected chi connectivity index (χ0v) is 20.9. The van der Waals surface area contributed by atoms with Crippen LogP contribution in [0.5, 0.6) is 0 Å². The minimum atomic E-state index is -0.785. The first-order valence-electron chi connectivity index (χ1n) is 10.7. The van der Waals surface area contributed by atoms with Crippen LogP contribution >= 0.6 is 22.9 Å².